The molecule has 2 saturated carbocycles. The second-order valence-electron chi connectivity index (χ2n) is 6.08. The molecule has 0 aromatic heterocycles. The minimum atomic E-state index is -0.150. The molecule has 0 bridgehead atoms. The summed E-state index contributed by atoms with van der Waals surface area (Å²) in [4.78, 5) is 0. The van der Waals surface area contributed by atoms with Crippen LogP contribution in [0.3, 0.4) is 0 Å². The Labute approximate surface area is 99.1 Å². The van der Waals surface area contributed by atoms with E-state index in [2.05, 4.69) is 13.8 Å². The molecule has 2 nitrogen and oxygen atoms in total. The Morgan fingerprint density at radius 2 is 1.81 bits per heavy atom. The fourth-order valence-corrected chi connectivity index (χ4v) is 4.57. The van der Waals surface area contributed by atoms with Crippen molar-refractivity contribution in [2.75, 3.05) is 6.61 Å². The molecule has 7 atom stereocenters. The van der Waals surface area contributed by atoms with Crippen molar-refractivity contribution < 1.29 is 10.2 Å². The van der Waals surface area contributed by atoms with Gasteiger partial charge in [0.1, 0.15) is 0 Å². The third-order valence-corrected chi connectivity index (χ3v) is 5.51. The highest BCUT2D eigenvalue weighted by Gasteiger charge is 2.51. The fourth-order valence-electron chi connectivity index (χ4n) is 4.57. The lowest BCUT2D eigenvalue weighted by molar-refractivity contribution is 0.102. The molecule has 0 saturated heterocycles. The second kappa shape index (κ2) is 4.66. The molecule has 2 fully saturated rings. The van der Waals surface area contributed by atoms with E-state index in [9.17, 15) is 10.2 Å². The van der Waals surface area contributed by atoms with Crippen LogP contribution >= 0.6 is 0 Å². The Balaban J connectivity index is 2.11. The Bertz CT molecular complexity index is 239. The van der Waals surface area contributed by atoms with E-state index in [0.717, 1.165) is 11.8 Å². The zero-order valence-corrected chi connectivity index (χ0v) is 10.8. The van der Waals surface area contributed by atoms with Crippen molar-refractivity contribution in [3.8, 4) is 0 Å². The van der Waals surface area contributed by atoms with Crippen molar-refractivity contribution in [3.05, 3.63) is 0 Å². The minimum Gasteiger partial charge on any atom is -0.396 e. The van der Waals surface area contributed by atoms with Gasteiger partial charge in [0.05, 0.1) is 6.10 Å². The first-order chi connectivity index (χ1) is 7.60. The number of hydrogen-bond acceptors (Lipinski definition) is 2. The zero-order valence-electron chi connectivity index (χ0n) is 10.8. The summed E-state index contributed by atoms with van der Waals surface area (Å²) in [7, 11) is 0. The number of aliphatic hydroxyl groups is 2. The average molecular weight is 226 g/mol. The molecule has 0 aliphatic heterocycles. The van der Waals surface area contributed by atoms with Crippen molar-refractivity contribution >= 4 is 0 Å². The highest BCUT2D eigenvalue weighted by atomic mass is 16.3. The van der Waals surface area contributed by atoms with Crippen molar-refractivity contribution in [2.45, 2.75) is 46.1 Å². The predicted molar refractivity (Wildman–Crippen MR) is 64.9 cm³/mol. The maximum atomic E-state index is 9.73. The van der Waals surface area contributed by atoms with Crippen LogP contribution in [0.25, 0.3) is 0 Å². The van der Waals surface area contributed by atoms with Crippen LogP contribution in [-0.4, -0.2) is 22.9 Å². The number of rotatable bonds is 3. The molecule has 2 aliphatic rings. The van der Waals surface area contributed by atoms with E-state index in [0.29, 0.717) is 30.3 Å². The van der Waals surface area contributed by atoms with Crippen LogP contribution in [-0.2, 0) is 0 Å². The molecule has 0 heterocycles. The summed E-state index contributed by atoms with van der Waals surface area (Å²) >= 11 is 0. The van der Waals surface area contributed by atoms with Gasteiger partial charge < -0.3 is 10.2 Å². The van der Waals surface area contributed by atoms with E-state index in [-0.39, 0.29) is 6.10 Å². The van der Waals surface area contributed by atoms with E-state index >= 15 is 0 Å². The molecule has 2 heteroatoms. The molecule has 2 N–H and O–H groups in total. The molecule has 0 aromatic carbocycles. The summed E-state index contributed by atoms with van der Waals surface area (Å²) in [6.45, 7) is 6.84. The van der Waals surface area contributed by atoms with Crippen LogP contribution in [0.5, 0.6) is 0 Å². The molecule has 0 amide bonds. The van der Waals surface area contributed by atoms with Crippen molar-refractivity contribution in [3.63, 3.8) is 0 Å². The Morgan fingerprint density at radius 1 is 1.19 bits per heavy atom. The largest absolute Gasteiger partial charge is 0.396 e. The molecule has 16 heavy (non-hydrogen) atoms. The smallest absolute Gasteiger partial charge is 0.0540 e. The first-order valence-electron chi connectivity index (χ1n) is 6.89. The van der Waals surface area contributed by atoms with Gasteiger partial charge >= 0.3 is 0 Å². The maximum Gasteiger partial charge on any atom is 0.0540 e. The first-order valence-corrected chi connectivity index (χ1v) is 6.89. The van der Waals surface area contributed by atoms with Gasteiger partial charge in [-0.1, -0.05) is 20.3 Å². The standard InChI is InChI=1S/C14H26O2/c1-4-11-13-6-10(9(3)16)5-12(13)8(2)14(11)7-15/h8-16H,4-7H2,1-3H3. The molecule has 2 aliphatic carbocycles. The van der Waals surface area contributed by atoms with E-state index in [1.54, 1.807) is 0 Å². The highest BCUT2D eigenvalue weighted by Crippen LogP contribution is 2.56. The van der Waals surface area contributed by atoms with E-state index in [4.69, 9.17) is 0 Å². The molecule has 0 radical (unpaired) electrons. The first kappa shape index (κ1) is 12.4. The summed E-state index contributed by atoms with van der Waals surface area (Å²) in [5, 5.41) is 19.2. The molecular weight excluding hydrogens is 200 g/mol. The molecular formula is C14H26O2. The molecule has 0 aromatic rings. The number of hydrogen-bond donors (Lipinski definition) is 2. The van der Waals surface area contributed by atoms with Gasteiger partial charge in [0.25, 0.3) is 0 Å². The van der Waals surface area contributed by atoms with Gasteiger partial charge in [-0.3, -0.25) is 0 Å². The third-order valence-electron chi connectivity index (χ3n) is 5.51. The quantitative estimate of drug-likeness (QED) is 0.775. The van der Waals surface area contributed by atoms with Gasteiger partial charge in [0.15, 0.2) is 0 Å². The monoisotopic (exact) mass is 226 g/mol. The Hall–Kier alpha value is -0.0800. The maximum absolute atomic E-state index is 9.73. The topological polar surface area (TPSA) is 40.5 Å². The van der Waals surface area contributed by atoms with E-state index in [1.807, 2.05) is 6.92 Å². The summed E-state index contributed by atoms with van der Waals surface area (Å²) in [5.41, 5.74) is 0. The highest BCUT2D eigenvalue weighted by molar-refractivity contribution is 5.00. The zero-order chi connectivity index (χ0) is 11.9. The van der Waals surface area contributed by atoms with Crippen molar-refractivity contribution in [1.29, 1.82) is 0 Å². The second-order valence-corrected chi connectivity index (χ2v) is 6.08. The Kier molecular flexibility index (Phi) is 3.60. The van der Waals surface area contributed by atoms with Crippen LogP contribution in [0, 0.1) is 35.5 Å². The summed E-state index contributed by atoms with van der Waals surface area (Å²) in [5.74, 6) is 3.86. The van der Waals surface area contributed by atoms with Crippen molar-refractivity contribution in [2.24, 2.45) is 35.5 Å². The summed E-state index contributed by atoms with van der Waals surface area (Å²) in [6.07, 6.45) is 3.39. The van der Waals surface area contributed by atoms with E-state index < -0.39 is 0 Å². The number of fused-ring (bicyclic) bond motifs is 1. The number of aliphatic hydroxyl groups excluding tert-OH is 2. The van der Waals surface area contributed by atoms with Gasteiger partial charge in [-0.25, -0.2) is 0 Å². The Morgan fingerprint density at radius 3 is 2.31 bits per heavy atom. The van der Waals surface area contributed by atoms with Crippen LogP contribution in [0.4, 0.5) is 0 Å². The van der Waals surface area contributed by atoms with Gasteiger partial charge in [-0.05, 0) is 55.3 Å². The molecule has 0 spiro atoms. The summed E-state index contributed by atoms with van der Waals surface area (Å²) in [6, 6.07) is 0. The van der Waals surface area contributed by atoms with Gasteiger partial charge in [-0.2, -0.15) is 0 Å². The molecule has 94 valence electrons. The van der Waals surface area contributed by atoms with E-state index in [1.165, 1.54) is 19.3 Å². The minimum absolute atomic E-state index is 0.150. The fraction of sp³-hybridized carbons (Fsp3) is 1.00. The SMILES string of the molecule is CCC1C(CO)C(C)C2CC(C(C)O)CC21. The molecule has 7 unspecified atom stereocenters. The normalized spacial score (nSPS) is 49.3. The lowest BCUT2D eigenvalue weighted by Gasteiger charge is -2.25. The van der Waals surface area contributed by atoms with Crippen LogP contribution in [0.1, 0.15) is 40.0 Å². The van der Waals surface area contributed by atoms with Gasteiger partial charge in [0, 0.05) is 6.61 Å². The van der Waals surface area contributed by atoms with Crippen LogP contribution < -0.4 is 0 Å². The lowest BCUT2D eigenvalue weighted by Crippen LogP contribution is -2.23. The van der Waals surface area contributed by atoms with Gasteiger partial charge in [0.2, 0.25) is 0 Å². The summed E-state index contributed by atoms with van der Waals surface area (Å²) < 4.78 is 0. The average Bonchev–Trinajstić information content (AvgIpc) is 2.77. The predicted octanol–water partition coefficient (Wildman–Crippen LogP) is 2.29. The van der Waals surface area contributed by atoms with Crippen LogP contribution in [0.15, 0.2) is 0 Å². The van der Waals surface area contributed by atoms with Crippen molar-refractivity contribution in [1.82, 2.24) is 0 Å². The van der Waals surface area contributed by atoms with Crippen LogP contribution in [0.2, 0.25) is 0 Å². The third kappa shape index (κ3) is 1.80. The van der Waals surface area contributed by atoms with Gasteiger partial charge in [-0.15, -0.1) is 0 Å². The lowest BCUT2D eigenvalue weighted by atomic mass is 9.82. The molecule has 2 rings (SSSR count).